The first kappa shape index (κ1) is 9.66. The Labute approximate surface area is 75.3 Å². The zero-order valence-corrected chi connectivity index (χ0v) is 7.56. The van der Waals surface area contributed by atoms with Crippen LogP contribution in [0.1, 0.15) is 5.69 Å². The number of nitrogens with zero attached hydrogens (tertiary/aromatic N) is 3. The van der Waals surface area contributed by atoms with E-state index in [1.165, 1.54) is 6.07 Å². The average Bonchev–Trinajstić information content (AvgIpc) is 2.44. The van der Waals surface area contributed by atoms with Crippen LogP contribution in [0.5, 0.6) is 0 Å². The van der Waals surface area contributed by atoms with E-state index >= 15 is 0 Å². The smallest absolute Gasteiger partial charge is 0.383 e. The summed E-state index contributed by atoms with van der Waals surface area (Å²) in [4.78, 5) is 9.84. The van der Waals surface area contributed by atoms with Gasteiger partial charge in [-0.2, -0.15) is 4.68 Å². The van der Waals surface area contributed by atoms with Crippen molar-refractivity contribution >= 4 is 5.82 Å². The van der Waals surface area contributed by atoms with Gasteiger partial charge in [0.15, 0.2) is 0 Å². The maximum atomic E-state index is 10.3. The van der Waals surface area contributed by atoms with E-state index in [1.807, 2.05) is 0 Å². The standard InChI is InChI=1S/C7H11N3O3/c1-6-5-7(10(11)12)8-9(6)3-4-13-2/h5H,3-4H2,1-2H3. The number of methoxy groups -OCH3 is 1. The highest BCUT2D eigenvalue weighted by molar-refractivity contribution is 5.20. The van der Waals surface area contributed by atoms with E-state index in [9.17, 15) is 10.1 Å². The van der Waals surface area contributed by atoms with Crippen LogP contribution in [0.4, 0.5) is 5.82 Å². The third kappa shape index (κ3) is 2.25. The number of nitro groups is 1. The van der Waals surface area contributed by atoms with Crippen molar-refractivity contribution in [3.8, 4) is 0 Å². The molecule has 1 rings (SSSR count). The Bertz CT molecular complexity index is 308. The van der Waals surface area contributed by atoms with Gasteiger partial charge in [-0.05, 0) is 11.8 Å². The summed E-state index contributed by atoms with van der Waals surface area (Å²) in [6.07, 6.45) is 0. The molecular weight excluding hydrogens is 174 g/mol. The Hall–Kier alpha value is -1.43. The van der Waals surface area contributed by atoms with Gasteiger partial charge in [-0.1, -0.05) is 0 Å². The molecule has 0 fully saturated rings. The Balaban J connectivity index is 2.77. The second-order valence-electron chi connectivity index (χ2n) is 2.62. The van der Waals surface area contributed by atoms with Crippen molar-refractivity contribution in [3.05, 3.63) is 21.9 Å². The van der Waals surface area contributed by atoms with Crippen molar-refractivity contribution in [1.29, 1.82) is 0 Å². The summed E-state index contributed by atoms with van der Waals surface area (Å²) in [6, 6.07) is 1.44. The minimum atomic E-state index is -0.504. The van der Waals surface area contributed by atoms with Gasteiger partial charge in [0.2, 0.25) is 0 Å². The molecule has 0 saturated carbocycles. The Morgan fingerprint density at radius 1 is 1.77 bits per heavy atom. The number of hydrogen-bond acceptors (Lipinski definition) is 4. The molecule has 0 spiro atoms. The maximum Gasteiger partial charge on any atom is 0.390 e. The van der Waals surface area contributed by atoms with Crippen LogP contribution in [-0.2, 0) is 11.3 Å². The van der Waals surface area contributed by atoms with E-state index < -0.39 is 4.92 Å². The normalized spacial score (nSPS) is 10.3. The molecule has 0 bridgehead atoms. The van der Waals surface area contributed by atoms with Gasteiger partial charge in [0.05, 0.1) is 30.0 Å². The van der Waals surface area contributed by atoms with Crippen LogP contribution in [0.25, 0.3) is 0 Å². The molecular formula is C7H11N3O3. The molecule has 0 N–H and O–H groups in total. The lowest BCUT2D eigenvalue weighted by atomic mass is 10.4. The van der Waals surface area contributed by atoms with E-state index in [0.29, 0.717) is 13.2 Å². The summed E-state index contributed by atoms with van der Waals surface area (Å²) in [7, 11) is 1.58. The first-order chi connectivity index (χ1) is 6.15. The van der Waals surface area contributed by atoms with Gasteiger partial charge < -0.3 is 14.9 Å². The minimum absolute atomic E-state index is 0.117. The lowest BCUT2D eigenvalue weighted by Gasteiger charge is -1.96. The van der Waals surface area contributed by atoms with Crippen molar-refractivity contribution in [2.24, 2.45) is 0 Å². The van der Waals surface area contributed by atoms with Crippen molar-refractivity contribution in [2.45, 2.75) is 13.5 Å². The first-order valence-electron chi connectivity index (χ1n) is 3.83. The highest BCUT2D eigenvalue weighted by atomic mass is 16.6. The van der Waals surface area contributed by atoms with Crippen LogP contribution in [0.3, 0.4) is 0 Å². The fourth-order valence-corrected chi connectivity index (χ4v) is 0.986. The molecule has 0 aliphatic heterocycles. The van der Waals surface area contributed by atoms with Gasteiger partial charge in [0, 0.05) is 7.11 Å². The van der Waals surface area contributed by atoms with E-state index in [1.54, 1.807) is 18.7 Å². The molecule has 6 nitrogen and oxygen atoms in total. The van der Waals surface area contributed by atoms with Crippen molar-refractivity contribution in [2.75, 3.05) is 13.7 Å². The van der Waals surface area contributed by atoms with Gasteiger partial charge in [0.25, 0.3) is 0 Å². The molecule has 0 aromatic carbocycles. The van der Waals surface area contributed by atoms with Crippen LogP contribution in [0.15, 0.2) is 6.07 Å². The average molecular weight is 185 g/mol. The SMILES string of the molecule is COCCn1nc([N+](=O)[O-])cc1C. The zero-order valence-electron chi connectivity index (χ0n) is 7.56. The summed E-state index contributed by atoms with van der Waals surface area (Å²) in [5, 5.41) is 14.1. The van der Waals surface area contributed by atoms with Gasteiger partial charge >= 0.3 is 5.82 Å². The monoisotopic (exact) mass is 185 g/mol. The third-order valence-corrected chi connectivity index (χ3v) is 1.66. The van der Waals surface area contributed by atoms with Crippen LogP contribution in [0.2, 0.25) is 0 Å². The van der Waals surface area contributed by atoms with Crippen LogP contribution in [-0.4, -0.2) is 28.4 Å². The summed E-state index contributed by atoms with van der Waals surface area (Å²) in [5.41, 5.74) is 0.767. The number of ether oxygens (including phenoxy) is 1. The summed E-state index contributed by atoms with van der Waals surface area (Å²) in [6.45, 7) is 2.81. The molecule has 0 amide bonds. The second kappa shape index (κ2) is 3.99. The molecule has 13 heavy (non-hydrogen) atoms. The fraction of sp³-hybridized carbons (Fsp3) is 0.571. The first-order valence-corrected chi connectivity index (χ1v) is 3.83. The predicted molar refractivity (Wildman–Crippen MR) is 45.5 cm³/mol. The summed E-state index contributed by atoms with van der Waals surface area (Å²) >= 11 is 0. The molecule has 1 heterocycles. The van der Waals surface area contributed by atoms with Crippen molar-refractivity contribution < 1.29 is 9.66 Å². The number of aromatic nitrogens is 2. The summed E-state index contributed by atoms with van der Waals surface area (Å²) < 4.78 is 6.40. The van der Waals surface area contributed by atoms with E-state index in [2.05, 4.69) is 5.10 Å². The van der Waals surface area contributed by atoms with Gasteiger partial charge in [-0.15, -0.1) is 0 Å². The molecule has 0 unspecified atom stereocenters. The molecule has 0 aliphatic rings. The molecule has 72 valence electrons. The Morgan fingerprint density at radius 3 is 2.92 bits per heavy atom. The number of aryl methyl sites for hydroxylation is 1. The van der Waals surface area contributed by atoms with E-state index in [-0.39, 0.29) is 5.82 Å². The molecule has 1 aromatic rings. The number of rotatable bonds is 4. The Kier molecular flexibility index (Phi) is 2.97. The minimum Gasteiger partial charge on any atom is -0.383 e. The molecule has 0 saturated heterocycles. The third-order valence-electron chi connectivity index (χ3n) is 1.66. The van der Waals surface area contributed by atoms with E-state index in [0.717, 1.165) is 5.69 Å². The predicted octanol–water partition coefficient (Wildman–Crippen LogP) is 0.746. The Morgan fingerprint density at radius 2 is 2.46 bits per heavy atom. The molecule has 0 radical (unpaired) electrons. The largest absolute Gasteiger partial charge is 0.390 e. The lowest BCUT2D eigenvalue weighted by molar-refractivity contribution is -0.389. The highest BCUT2D eigenvalue weighted by Gasteiger charge is 2.14. The topological polar surface area (TPSA) is 70.2 Å². The summed E-state index contributed by atoms with van der Waals surface area (Å²) in [5.74, 6) is -0.117. The molecule has 6 heteroatoms. The van der Waals surface area contributed by atoms with Crippen LogP contribution >= 0.6 is 0 Å². The molecule has 0 atom stereocenters. The molecule has 0 aliphatic carbocycles. The molecule has 1 aromatic heterocycles. The van der Waals surface area contributed by atoms with Crippen LogP contribution < -0.4 is 0 Å². The second-order valence-corrected chi connectivity index (χ2v) is 2.62. The van der Waals surface area contributed by atoms with E-state index in [4.69, 9.17) is 4.74 Å². The number of hydrogen-bond donors (Lipinski definition) is 0. The highest BCUT2D eigenvalue weighted by Crippen LogP contribution is 2.10. The van der Waals surface area contributed by atoms with Crippen molar-refractivity contribution in [1.82, 2.24) is 9.78 Å². The zero-order chi connectivity index (χ0) is 9.84. The maximum absolute atomic E-state index is 10.3. The van der Waals surface area contributed by atoms with Crippen molar-refractivity contribution in [3.63, 3.8) is 0 Å². The fourth-order valence-electron chi connectivity index (χ4n) is 0.986. The van der Waals surface area contributed by atoms with Gasteiger partial charge in [-0.25, -0.2) is 0 Å². The van der Waals surface area contributed by atoms with Gasteiger partial charge in [0.1, 0.15) is 0 Å². The van der Waals surface area contributed by atoms with Crippen LogP contribution in [0, 0.1) is 17.0 Å². The van der Waals surface area contributed by atoms with Gasteiger partial charge in [-0.3, -0.25) is 0 Å². The lowest BCUT2D eigenvalue weighted by Crippen LogP contribution is -2.07. The quantitative estimate of drug-likeness (QED) is 0.512.